The number of hydrogen-bond donors (Lipinski definition) is 2. The van der Waals surface area contributed by atoms with Crippen molar-refractivity contribution in [3.05, 3.63) is 48.0 Å². The van der Waals surface area contributed by atoms with Gasteiger partial charge in [0.25, 0.3) is 0 Å². The molecule has 21 heavy (non-hydrogen) atoms. The summed E-state index contributed by atoms with van der Waals surface area (Å²) in [7, 11) is 0. The van der Waals surface area contributed by atoms with Gasteiger partial charge in [-0.1, -0.05) is 36.9 Å². The highest BCUT2D eigenvalue weighted by molar-refractivity contribution is 5.69. The van der Waals surface area contributed by atoms with E-state index in [1.165, 1.54) is 0 Å². The van der Waals surface area contributed by atoms with Gasteiger partial charge in [0.15, 0.2) is 0 Å². The molecule has 0 radical (unpaired) electrons. The predicted octanol–water partition coefficient (Wildman–Crippen LogP) is 2.52. The van der Waals surface area contributed by atoms with Crippen LogP contribution in [0.3, 0.4) is 0 Å². The maximum absolute atomic E-state index is 11.0. The van der Waals surface area contributed by atoms with Gasteiger partial charge in [0.1, 0.15) is 0 Å². The second kappa shape index (κ2) is 7.96. The molecule has 0 heterocycles. The summed E-state index contributed by atoms with van der Waals surface area (Å²) in [5.41, 5.74) is 2.12. The zero-order valence-corrected chi connectivity index (χ0v) is 13.2. The van der Waals surface area contributed by atoms with Crippen LogP contribution in [0.2, 0.25) is 0 Å². The Morgan fingerprint density at radius 2 is 1.86 bits per heavy atom. The van der Waals surface area contributed by atoms with Crippen LogP contribution in [0.25, 0.3) is 0 Å². The fraction of sp³-hybridized carbons (Fsp3) is 0.471. The summed E-state index contributed by atoms with van der Waals surface area (Å²) in [5.74, 6) is -0.817. The molecule has 0 aliphatic rings. The molecule has 1 aromatic rings. The van der Waals surface area contributed by atoms with Crippen molar-refractivity contribution in [2.24, 2.45) is 0 Å². The van der Waals surface area contributed by atoms with E-state index in [0.29, 0.717) is 19.6 Å². The minimum Gasteiger partial charge on any atom is -0.480 e. The van der Waals surface area contributed by atoms with E-state index < -0.39 is 5.97 Å². The molecule has 0 aliphatic carbocycles. The Morgan fingerprint density at radius 1 is 1.24 bits per heavy atom. The van der Waals surface area contributed by atoms with Crippen molar-refractivity contribution in [1.82, 2.24) is 10.2 Å². The Labute approximate surface area is 127 Å². The molecule has 0 saturated carbocycles. The second-order valence-corrected chi connectivity index (χ2v) is 6.38. The third-order valence-corrected chi connectivity index (χ3v) is 2.92. The first-order valence-electron chi connectivity index (χ1n) is 7.16. The molecule has 0 bridgehead atoms. The van der Waals surface area contributed by atoms with Crippen molar-refractivity contribution >= 4 is 5.97 Å². The van der Waals surface area contributed by atoms with Crippen LogP contribution in [0.4, 0.5) is 0 Å². The first kappa shape index (κ1) is 17.4. The van der Waals surface area contributed by atoms with Crippen LogP contribution in [0.5, 0.6) is 0 Å². The number of nitrogens with one attached hydrogen (secondary N) is 1. The Bertz CT molecular complexity index is 463. The van der Waals surface area contributed by atoms with E-state index >= 15 is 0 Å². The van der Waals surface area contributed by atoms with Crippen LogP contribution in [0.1, 0.15) is 26.3 Å². The first-order valence-corrected chi connectivity index (χ1v) is 7.16. The lowest BCUT2D eigenvalue weighted by Crippen LogP contribution is -2.39. The van der Waals surface area contributed by atoms with Crippen molar-refractivity contribution in [2.45, 2.75) is 32.9 Å². The Hall–Kier alpha value is -1.65. The summed E-state index contributed by atoms with van der Waals surface area (Å²) < 4.78 is 0. The zero-order chi connectivity index (χ0) is 15.9. The molecule has 0 saturated heterocycles. The maximum atomic E-state index is 11.0. The number of benzene rings is 1. The van der Waals surface area contributed by atoms with E-state index in [1.807, 2.05) is 35.2 Å². The highest BCUT2D eigenvalue weighted by Crippen LogP contribution is 2.07. The van der Waals surface area contributed by atoms with Gasteiger partial charge in [0, 0.05) is 25.2 Å². The van der Waals surface area contributed by atoms with Gasteiger partial charge in [-0.2, -0.15) is 0 Å². The van der Waals surface area contributed by atoms with Crippen molar-refractivity contribution in [3.8, 4) is 0 Å². The summed E-state index contributed by atoms with van der Waals surface area (Å²) >= 11 is 0. The van der Waals surface area contributed by atoms with Gasteiger partial charge in [-0.3, -0.25) is 9.69 Å². The molecule has 4 nitrogen and oxygen atoms in total. The van der Waals surface area contributed by atoms with Gasteiger partial charge in [-0.25, -0.2) is 0 Å². The predicted molar refractivity (Wildman–Crippen MR) is 86.3 cm³/mol. The molecular formula is C17H26N2O2. The van der Waals surface area contributed by atoms with E-state index in [9.17, 15) is 4.79 Å². The maximum Gasteiger partial charge on any atom is 0.317 e. The smallest absolute Gasteiger partial charge is 0.317 e. The molecule has 0 spiro atoms. The SMILES string of the molecule is C=C(CNC(C)(C)C)CN(CC(=O)O)Cc1ccccc1. The monoisotopic (exact) mass is 290 g/mol. The molecule has 116 valence electrons. The number of aliphatic carboxylic acids is 1. The molecule has 2 N–H and O–H groups in total. The van der Waals surface area contributed by atoms with E-state index in [-0.39, 0.29) is 12.1 Å². The summed E-state index contributed by atoms with van der Waals surface area (Å²) in [6, 6.07) is 9.89. The number of carbonyl (C=O) groups is 1. The van der Waals surface area contributed by atoms with Crippen molar-refractivity contribution < 1.29 is 9.90 Å². The number of rotatable bonds is 8. The lowest BCUT2D eigenvalue weighted by molar-refractivity contribution is -0.138. The normalized spacial score (nSPS) is 11.6. The molecule has 0 fully saturated rings. The van der Waals surface area contributed by atoms with Crippen molar-refractivity contribution in [3.63, 3.8) is 0 Å². The minimum absolute atomic E-state index is 0.0173. The largest absolute Gasteiger partial charge is 0.480 e. The molecule has 1 aromatic carbocycles. The van der Waals surface area contributed by atoms with E-state index in [1.54, 1.807) is 0 Å². The third-order valence-electron chi connectivity index (χ3n) is 2.92. The molecule has 0 aliphatic heterocycles. The molecule has 0 amide bonds. The Balaban J connectivity index is 2.57. The highest BCUT2D eigenvalue weighted by Gasteiger charge is 2.13. The topological polar surface area (TPSA) is 52.6 Å². The fourth-order valence-electron chi connectivity index (χ4n) is 1.96. The average molecular weight is 290 g/mol. The first-order chi connectivity index (χ1) is 9.76. The van der Waals surface area contributed by atoms with Gasteiger partial charge >= 0.3 is 5.97 Å². The summed E-state index contributed by atoms with van der Waals surface area (Å²) in [6.45, 7) is 12.2. The summed E-state index contributed by atoms with van der Waals surface area (Å²) in [6.07, 6.45) is 0. The van der Waals surface area contributed by atoms with Gasteiger partial charge < -0.3 is 10.4 Å². The molecule has 0 aromatic heterocycles. The van der Waals surface area contributed by atoms with Gasteiger partial charge in [-0.05, 0) is 31.9 Å². The molecular weight excluding hydrogens is 264 g/mol. The summed E-state index contributed by atoms with van der Waals surface area (Å²) in [4.78, 5) is 12.9. The summed E-state index contributed by atoms with van der Waals surface area (Å²) in [5, 5.41) is 12.4. The van der Waals surface area contributed by atoms with Crippen LogP contribution in [-0.4, -0.2) is 41.1 Å². The zero-order valence-electron chi connectivity index (χ0n) is 13.2. The Kier molecular flexibility index (Phi) is 6.59. The molecule has 0 atom stereocenters. The third kappa shape index (κ3) is 8.27. The quantitative estimate of drug-likeness (QED) is 0.722. The molecule has 1 rings (SSSR count). The number of carboxylic acids is 1. The van der Waals surface area contributed by atoms with Crippen molar-refractivity contribution in [1.29, 1.82) is 0 Å². The Morgan fingerprint density at radius 3 is 2.38 bits per heavy atom. The lowest BCUT2D eigenvalue weighted by atomic mass is 10.1. The van der Waals surface area contributed by atoms with E-state index in [4.69, 9.17) is 5.11 Å². The van der Waals surface area contributed by atoms with Gasteiger partial charge in [0.05, 0.1) is 6.54 Å². The van der Waals surface area contributed by atoms with Gasteiger partial charge in [0.2, 0.25) is 0 Å². The van der Waals surface area contributed by atoms with Crippen LogP contribution in [0, 0.1) is 0 Å². The van der Waals surface area contributed by atoms with Gasteiger partial charge in [-0.15, -0.1) is 0 Å². The van der Waals surface area contributed by atoms with Crippen LogP contribution < -0.4 is 5.32 Å². The van der Waals surface area contributed by atoms with E-state index in [2.05, 4.69) is 32.7 Å². The average Bonchev–Trinajstić information content (AvgIpc) is 2.36. The van der Waals surface area contributed by atoms with Crippen LogP contribution >= 0.6 is 0 Å². The van der Waals surface area contributed by atoms with Crippen molar-refractivity contribution in [2.75, 3.05) is 19.6 Å². The fourth-order valence-corrected chi connectivity index (χ4v) is 1.96. The lowest BCUT2D eigenvalue weighted by Gasteiger charge is -2.25. The molecule has 4 heteroatoms. The second-order valence-electron chi connectivity index (χ2n) is 6.38. The van der Waals surface area contributed by atoms with E-state index in [0.717, 1.165) is 11.1 Å². The number of carboxylic acid groups (broad SMARTS) is 1. The minimum atomic E-state index is -0.817. The van der Waals surface area contributed by atoms with Crippen LogP contribution in [-0.2, 0) is 11.3 Å². The number of nitrogens with zero attached hydrogens (tertiary/aromatic N) is 1. The standard InChI is InChI=1S/C17H26N2O2/c1-14(10-18-17(2,3)4)11-19(13-16(20)21)12-15-8-6-5-7-9-15/h5-9,18H,1,10-13H2,2-4H3,(H,20,21). The highest BCUT2D eigenvalue weighted by atomic mass is 16.4. The molecule has 0 unspecified atom stereocenters. The van der Waals surface area contributed by atoms with Crippen LogP contribution in [0.15, 0.2) is 42.5 Å². The number of hydrogen-bond acceptors (Lipinski definition) is 3.